The quantitative estimate of drug-likeness (QED) is 0.553. The van der Waals surface area contributed by atoms with Crippen molar-refractivity contribution < 1.29 is 19.1 Å². The number of carbonyl (C=O) groups excluding carboxylic acids is 2. The fraction of sp³-hybridized carbons (Fsp3) is 0.333. The van der Waals surface area contributed by atoms with Gasteiger partial charge in [0.1, 0.15) is 24.5 Å². The molecule has 0 fully saturated rings. The van der Waals surface area contributed by atoms with Crippen LogP contribution in [0.4, 0.5) is 11.6 Å². The highest BCUT2D eigenvalue weighted by atomic mass is 16.5. The van der Waals surface area contributed by atoms with Crippen molar-refractivity contribution in [2.75, 3.05) is 31.0 Å². The summed E-state index contributed by atoms with van der Waals surface area (Å²) in [7, 11) is 1.57. The van der Waals surface area contributed by atoms with Gasteiger partial charge < -0.3 is 20.0 Å². The van der Waals surface area contributed by atoms with Crippen molar-refractivity contribution in [2.24, 2.45) is 0 Å². The molecule has 0 saturated heterocycles. The average Bonchev–Trinajstić information content (AvgIpc) is 2.94. The van der Waals surface area contributed by atoms with Crippen LogP contribution in [0.2, 0.25) is 0 Å². The third-order valence-corrected chi connectivity index (χ3v) is 4.08. The number of methoxy groups -OCH3 is 1. The first-order valence-corrected chi connectivity index (χ1v) is 8.22. The number of nitrogens with two attached hydrogens (primary N) is 1. The summed E-state index contributed by atoms with van der Waals surface area (Å²) < 4.78 is 10.4. The third-order valence-electron chi connectivity index (χ3n) is 4.08. The molecule has 1 amide bonds. The maximum absolute atomic E-state index is 12.4. The molecule has 2 heterocycles. The van der Waals surface area contributed by atoms with Gasteiger partial charge in [0, 0.05) is 19.1 Å². The van der Waals surface area contributed by atoms with Crippen molar-refractivity contribution in [1.29, 1.82) is 0 Å². The molecule has 0 saturated carbocycles. The number of amides is 1. The standard InChI is InChI=1S/C18H20N4O4/c1-25-8-9-26-18-20-16(19)14-10-15(24)22(17(14)21-18)11-13-4-2-12(3-5-13)6-7-23/h2-5,7H,6,8-11H2,1H3,(H2,19,20,21). The van der Waals surface area contributed by atoms with Gasteiger partial charge in [0.25, 0.3) is 0 Å². The number of nitrogen functional groups attached to an aromatic ring is 1. The number of hydrogen-bond acceptors (Lipinski definition) is 7. The molecular formula is C18H20N4O4. The van der Waals surface area contributed by atoms with Crippen LogP contribution in [0, 0.1) is 0 Å². The van der Waals surface area contributed by atoms with Crippen LogP contribution in [0.1, 0.15) is 16.7 Å². The van der Waals surface area contributed by atoms with E-state index >= 15 is 0 Å². The first kappa shape index (κ1) is 17.8. The van der Waals surface area contributed by atoms with Crippen LogP contribution in [0.25, 0.3) is 0 Å². The zero-order valence-corrected chi connectivity index (χ0v) is 14.5. The van der Waals surface area contributed by atoms with E-state index in [1.807, 2.05) is 24.3 Å². The summed E-state index contributed by atoms with van der Waals surface area (Å²) in [5.74, 6) is 0.637. The predicted octanol–water partition coefficient (Wildman–Crippen LogP) is 0.915. The van der Waals surface area contributed by atoms with Crippen molar-refractivity contribution in [1.82, 2.24) is 9.97 Å². The smallest absolute Gasteiger partial charge is 0.320 e. The third kappa shape index (κ3) is 3.80. The van der Waals surface area contributed by atoms with Gasteiger partial charge in [-0.15, -0.1) is 0 Å². The Morgan fingerprint density at radius 3 is 2.62 bits per heavy atom. The largest absolute Gasteiger partial charge is 0.461 e. The molecule has 3 rings (SSSR count). The van der Waals surface area contributed by atoms with Gasteiger partial charge in [-0.25, -0.2) is 0 Å². The number of ether oxygens (including phenoxy) is 2. The van der Waals surface area contributed by atoms with E-state index in [1.54, 1.807) is 12.0 Å². The van der Waals surface area contributed by atoms with Gasteiger partial charge in [-0.3, -0.25) is 9.69 Å². The molecular weight excluding hydrogens is 336 g/mol. The van der Waals surface area contributed by atoms with Crippen LogP contribution in [-0.4, -0.2) is 42.5 Å². The summed E-state index contributed by atoms with van der Waals surface area (Å²) in [6.45, 7) is 1.05. The first-order valence-electron chi connectivity index (χ1n) is 8.22. The number of anilines is 2. The summed E-state index contributed by atoms with van der Waals surface area (Å²) in [4.78, 5) is 33.0. The maximum atomic E-state index is 12.4. The molecule has 0 unspecified atom stereocenters. The van der Waals surface area contributed by atoms with Crippen molar-refractivity contribution in [3.8, 4) is 6.01 Å². The van der Waals surface area contributed by atoms with E-state index in [0.29, 0.717) is 37.6 Å². The lowest BCUT2D eigenvalue weighted by Gasteiger charge is -2.17. The number of fused-ring (bicyclic) bond motifs is 1. The molecule has 0 radical (unpaired) electrons. The Kier molecular flexibility index (Phi) is 5.43. The highest BCUT2D eigenvalue weighted by Gasteiger charge is 2.32. The Balaban J connectivity index is 1.81. The van der Waals surface area contributed by atoms with Crippen molar-refractivity contribution in [3.05, 3.63) is 41.0 Å². The van der Waals surface area contributed by atoms with E-state index in [1.165, 1.54) is 0 Å². The van der Waals surface area contributed by atoms with E-state index in [4.69, 9.17) is 15.2 Å². The first-order chi connectivity index (χ1) is 12.6. The second kappa shape index (κ2) is 7.92. The number of aromatic nitrogens is 2. The molecule has 0 bridgehead atoms. The van der Waals surface area contributed by atoms with Crippen molar-refractivity contribution >= 4 is 23.8 Å². The molecule has 26 heavy (non-hydrogen) atoms. The monoisotopic (exact) mass is 356 g/mol. The molecule has 8 nitrogen and oxygen atoms in total. The zero-order valence-electron chi connectivity index (χ0n) is 14.5. The minimum absolute atomic E-state index is 0.0907. The van der Waals surface area contributed by atoms with E-state index in [2.05, 4.69) is 9.97 Å². The van der Waals surface area contributed by atoms with E-state index in [0.717, 1.165) is 17.4 Å². The zero-order chi connectivity index (χ0) is 18.5. The van der Waals surface area contributed by atoms with Crippen LogP contribution in [0.15, 0.2) is 24.3 Å². The predicted molar refractivity (Wildman–Crippen MR) is 94.9 cm³/mol. The molecule has 0 atom stereocenters. The van der Waals surface area contributed by atoms with E-state index < -0.39 is 0 Å². The van der Waals surface area contributed by atoms with Crippen LogP contribution >= 0.6 is 0 Å². The molecule has 1 aliphatic rings. The molecule has 2 aromatic rings. The van der Waals surface area contributed by atoms with Crippen molar-refractivity contribution in [3.63, 3.8) is 0 Å². The number of carbonyl (C=O) groups is 2. The highest BCUT2D eigenvalue weighted by molar-refractivity contribution is 6.01. The van der Waals surface area contributed by atoms with Gasteiger partial charge in [-0.2, -0.15) is 9.97 Å². The minimum Gasteiger partial charge on any atom is -0.461 e. The second-order valence-corrected chi connectivity index (χ2v) is 5.88. The lowest BCUT2D eigenvalue weighted by atomic mass is 10.1. The van der Waals surface area contributed by atoms with Gasteiger partial charge in [0.05, 0.1) is 19.6 Å². The Hall–Kier alpha value is -3.00. The van der Waals surface area contributed by atoms with Crippen LogP contribution in [0.3, 0.4) is 0 Å². The second-order valence-electron chi connectivity index (χ2n) is 5.88. The van der Waals surface area contributed by atoms with Crippen LogP contribution < -0.4 is 15.4 Å². The van der Waals surface area contributed by atoms with Gasteiger partial charge in [-0.1, -0.05) is 24.3 Å². The summed E-state index contributed by atoms with van der Waals surface area (Å²) in [5.41, 5.74) is 8.45. The molecule has 2 N–H and O–H groups in total. The number of aldehydes is 1. The average molecular weight is 356 g/mol. The fourth-order valence-corrected chi connectivity index (χ4v) is 2.73. The molecule has 1 aromatic heterocycles. The van der Waals surface area contributed by atoms with Gasteiger partial charge in [0.15, 0.2) is 0 Å². The lowest BCUT2D eigenvalue weighted by molar-refractivity contribution is -0.117. The molecule has 0 spiro atoms. The molecule has 136 valence electrons. The van der Waals surface area contributed by atoms with Gasteiger partial charge >= 0.3 is 6.01 Å². The summed E-state index contributed by atoms with van der Waals surface area (Å²) >= 11 is 0. The lowest BCUT2D eigenvalue weighted by Crippen LogP contribution is -2.26. The number of rotatable bonds is 8. The van der Waals surface area contributed by atoms with Crippen LogP contribution in [-0.2, 0) is 33.7 Å². The molecule has 0 aliphatic carbocycles. The Bertz CT molecular complexity index is 808. The minimum atomic E-state index is -0.0907. The number of hydrogen-bond donors (Lipinski definition) is 1. The molecule has 8 heteroatoms. The van der Waals surface area contributed by atoms with Crippen LogP contribution in [0.5, 0.6) is 6.01 Å². The summed E-state index contributed by atoms with van der Waals surface area (Å²) in [6.07, 6.45) is 1.40. The number of nitrogens with zero attached hydrogens (tertiary/aromatic N) is 3. The van der Waals surface area contributed by atoms with Crippen molar-refractivity contribution in [2.45, 2.75) is 19.4 Å². The number of benzene rings is 1. The normalized spacial score (nSPS) is 13.0. The topological polar surface area (TPSA) is 108 Å². The van der Waals surface area contributed by atoms with E-state index in [9.17, 15) is 9.59 Å². The van der Waals surface area contributed by atoms with Gasteiger partial charge in [0.2, 0.25) is 5.91 Å². The summed E-state index contributed by atoms with van der Waals surface area (Å²) in [6, 6.07) is 7.66. The summed E-state index contributed by atoms with van der Waals surface area (Å²) in [5, 5.41) is 0. The SMILES string of the molecule is COCCOc1nc(N)c2c(n1)N(Cc1ccc(CC=O)cc1)C(=O)C2. The Morgan fingerprint density at radius 1 is 1.19 bits per heavy atom. The fourth-order valence-electron chi connectivity index (χ4n) is 2.73. The van der Waals surface area contributed by atoms with E-state index in [-0.39, 0.29) is 24.2 Å². The molecule has 1 aliphatic heterocycles. The highest BCUT2D eigenvalue weighted by Crippen LogP contribution is 2.33. The maximum Gasteiger partial charge on any atom is 0.320 e. The Morgan fingerprint density at radius 2 is 1.92 bits per heavy atom. The molecule has 1 aromatic carbocycles. The Labute approximate surface area is 150 Å². The van der Waals surface area contributed by atoms with Gasteiger partial charge in [-0.05, 0) is 11.1 Å².